The summed E-state index contributed by atoms with van der Waals surface area (Å²) >= 11 is 0. The molecule has 0 saturated carbocycles. The summed E-state index contributed by atoms with van der Waals surface area (Å²) in [5.41, 5.74) is 5.00. The number of nitrogens with zero attached hydrogens (tertiary/aromatic N) is 1. The van der Waals surface area contributed by atoms with Crippen LogP contribution in [0.1, 0.15) is 38.7 Å². The molecule has 27 heavy (non-hydrogen) atoms. The van der Waals surface area contributed by atoms with Crippen molar-refractivity contribution in [2.24, 2.45) is 5.73 Å². The number of carbonyl (C=O) groups excluding carboxylic acids is 2. The summed E-state index contributed by atoms with van der Waals surface area (Å²) in [6.45, 7) is 3.71. The van der Waals surface area contributed by atoms with Gasteiger partial charge < -0.3 is 15.6 Å². The van der Waals surface area contributed by atoms with Crippen LogP contribution in [0.25, 0.3) is 0 Å². The Kier molecular flexibility index (Phi) is 7.10. The zero-order chi connectivity index (χ0) is 20.0. The van der Waals surface area contributed by atoms with E-state index in [2.05, 4.69) is 0 Å². The van der Waals surface area contributed by atoms with Gasteiger partial charge in [-0.15, -0.1) is 0 Å². The number of hydrogen-bond donors (Lipinski definition) is 2. The van der Waals surface area contributed by atoms with Gasteiger partial charge in [-0.05, 0) is 45.1 Å². The van der Waals surface area contributed by atoms with Crippen LogP contribution in [0.15, 0.2) is 30.3 Å². The second-order valence-corrected chi connectivity index (χ2v) is 6.91. The second-order valence-electron chi connectivity index (χ2n) is 6.91. The molecule has 0 radical (unpaired) electrons. The number of likely N-dealkylation sites (tertiary alicyclic amines) is 1. The normalized spacial score (nSPS) is 22.2. The van der Waals surface area contributed by atoms with Gasteiger partial charge in [0.1, 0.15) is 6.04 Å². The smallest absolute Gasteiger partial charge is 0.332 e. The van der Waals surface area contributed by atoms with Crippen LogP contribution in [0, 0.1) is 0 Å². The molecule has 1 aromatic rings. The van der Waals surface area contributed by atoms with Crippen LogP contribution in [0.4, 0.5) is 0 Å². The lowest BCUT2D eigenvalue weighted by Gasteiger charge is -2.38. The molecular weight excluding hydrogens is 348 g/mol. The van der Waals surface area contributed by atoms with Crippen molar-refractivity contribution in [2.75, 3.05) is 13.2 Å². The van der Waals surface area contributed by atoms with Gasteiger partial charge in [-0.1, -0.05) is 30.3 Å². The molecule has 7 nitrogen and oxygen atoms in total. The van der Waals surface area contributed by atoms with Crippen molar-refractivity contribution in [3.8, 4) is 0 Å². The summed E-state index contributed by atoms with van der Waals surface area (Å²) in [4.78, 5) is 39.1. The molecule has 0 bridgehead atoms. The third-order valence-electron chi connectivity index (χ3n) is 5.09. The minimum absolute atomic E-state index is 0.143. The number of hydrogen-bond acceptors (Lipinski definition) is 6. The third-order valence-corrected chi connectivity index (χ3v) is 5.09. The lowest BCUT2D eigenvalue weighted by atomic mass is 9.85. The van der Waals surface area contributed by atoms with Gasteiger partial charge in [0.05, 0.1) is 12.6 Å². The minimum Gasteiger partial charge on any atom is -0.480 e. The van der Waals surface area contributed by atoms with Crippen LogP contribution in [0.2, 0.25) is 0 Å². The molecule has 0 amide bonds. The summed E-state index contributed by atoms with van der Waals surface area (Å²) in [7, 11) is 0. The molecule has 3 N–H and O–H groups in total. The Morgan fingerprint density at radius 3 is 2.52 bits per heavy atom. The number of carboxylic acid groups (broad SMARTS) is 1. The zero-order valence-corrected chi connectivity index (χ0v) is 15.9. The number of Topliss-reactive ketones (excluding diaryl/α,β-unsaturated/α-hetero) is 1. The summed E-state index contributed by atoms with van der Waals surface area (Å²) in [6, 6.07) is 7.87. The Labute approximate surface area is 159 Å². The molecule has 1 heterocycles. The third kappa shape index (κ3) is 4.36. The molecule has 2 rings (SSSR count). The maximum Gasteiger partial charge on any atom is 0.332 e. The number of aryl methyl sites for hydroxylation is 1. The maximum atomic E-state index is 12.8. The van der Waals surface area contributed by atoms with Crippen molar-refractivity contribution >= 4 is 17.7 Å². The summed E-state index contributed by atoms with van der Waals surface area (Å²) in [5.74, 6) is -2.32. The van der Waals surface area contributed by atoms with Crippen LogP contribution in [0.3, 0.4) is 0 Å². The largest absolute Gasteiger partial charge is 0.480 e. The van der Waals surface area contributed by atoms with E-state index in [1.54, 1.807) is 6.92 Å². The molecule has 7 heteroatoms. The Morgan fingerprint density at radius 2 is 1.96 bits per heavy atom. The van der Waals surface area contributed by atoms with E-state index in [9.17, 15) is 19.5 Å². The standard InChI is InChI=1S/C20H28N2O5/c1-3-27-18(24)16(11-10-15-8-5-4-6-9-15)22-13-7-12-20(22,19(25)26)17(23)14(2)21/h4-6,8-9,14,16H,3,7,10-13,21H2,1-2H3,(H,25,26)/t14?,16-,20-/m0/s1. The summed E-state index contributed by atoms with van der Waals surface area (Å²) in [5, 5.41) is 9.93. The van der Waals surface area contributed by atoms with Crippen molar-refractivity contribution in [1.82, 2.24) is 4.90 Å². The highest BCUT2D eigenvalue weighted by molar-refractivity contribution is 6.10. The van der Waals surface area contributed by atoms with Gasteiger partial charge in [-0.3, -0.25) is 14.5 Å². The molecule has 0 spiro atoms. The number of ether oxygens (including phenoxy) is 1. The molecule has 1 aliphatic heterocycles. The van der Waals surface area contributed by atoms with Crippen LogP contribution in [-0.2, 0) is 25.5 Å². The van der Waals surface area contributed by atoms with Gasteiger partial charge in [0.2, 0.25) is 0 Å². The molecule has 1 fully saturated rings. The lowest BCUT2D eigenvalue weighted by Crippen LogP contribution is -2.64. The number of rotatable bonds is 9. The predicted octanol–water partition coefficient (Wildman–Crippen LogP) is 1.39. The van der Waals surface area contributed by atoms with E-state index < -0.39 is 35.3 Å². The van der Waals surface area contributed by atoms with E-state index in [-0.39, 0.29) is 13.0 Å². The number of benzene rings is 1. The van der Waals surface area contributed by atoms with Gasteiger partial charge in [0, 0.05) is 6.54 Å². The molecule has 0 aromatic heterocycles. The number of nitrogens with two attached hydrogens (primary N) is 1. The van der Waals surface area contributed by atoms with Crippen LogP contribution < -0.4 is 5.73 Å². The van der Waals surface area contributed by atoms with Crippen molar-refractivity contribution in [3.63, 3.8) is 0 Å². The number of carbonyl (C=O) groups is 3. The average molecular weight is 376 g/mol. The average Bonchev–Trinajstić information content (AvgIpc) is 3.08. The second kappa shape index (κ2) is 9.10. The fourth-order valence-electron chi connectivity index (χ4n) is 3.83. The minimum atomic E-state index is -1.78. The molecule has 1 aliphatic rings. The number of ketones is 1. The Hall–Kier alpha value is -2.25. The topological polar surface area (TPSA) is 110 Å². The lowest BCUT2D eigenvalue weighted by molar-refractivity contribution is -0.163. The Bertz CT molecular complexity index is 676. The fraction of sp³-hybridized carbons (Fsp3) is 0.550. The fourth-order valence-corrected chi connectivity index (χ4v) is 3.83. The highest BCUT2D eigenvalue weighted by Crippen LogP contribution is 2.35. The van der Waals surface area contributed by atoms with Crippen LogP contribution in [0.5, 0.6) is 0 Å². The zero-order valence-electron chi connectivity index (χ0n) is 15.9. The number of aliphatic carboxylic acids is 1. The van der Waals surface area contributed by atoms with Crippen molar-refractivity contribution in [1.29, 1.82) is 0 Å². The summed E-state index contributed by atoms with van der Waals surface area (Å²) in [6.07, 6.45) is 1.59. The highest BCUT2D eigenvalue weighted by Gasteiger charge is 2.57. The predicted molar refractivity (Wildman–Crippen MR) is 100 cm³/mol. The van der Waals surface area contributed by atoms with Crippen molar-refractivity contribution in [3.05, 3.63) is 35.9 Å². The van der Waals surface area contributed by atoms with E-state index in [1.165, 1.54) is 11.8 Å². The summed E-state index contributed by atoms with van der Waals surface area (Å²) < 4.78 is 5.20. The quantitative estimate of drug-likeness (QED) is 0.495. The van der Waals surface area contributed by atoms with Crippen molar-refractivity contribution in [2.45, 2.75) is 57.2 Å². The molecule has 148 valence electrons. The number of carboxylic acids is 1. The first-order chi connectivity index (χ1) is 12.8. The molecular formula is C20H28N2O5. The first-order valence-electron chi connectivity index (χ1n) is 9.35. The monoisotopic (exact) mass is 376 g/mol. The maximum absolute atomic E-state index is 12.8. The van der Waals surface area contributed by atoms with E-state index in [1.807, 2.05) is 30.3 Å². The van der Waals surface area contributed by atoms with Gasteiger partial charge >= 0.3 is 11.9 Å². The van der Waals surface area contributed by atoms with Gasteiger partial charge in [-0.2, -0.15) is 0 Å². The van der Waals surface area contributed by atoms with E-state index >= 15 is 0 Å². The van der Waals surface area contributed by atoms with Crippen LogP contribution in [-0.4, -0.2) is 58.5 Å². The molecule has 1 unspecified atom stereocenters. The van der Waals surface area contributed by atoms with Gasteiger partial charge in [-0.25, -0.2) is 4.79 Å². The van der Waals surface area contributed by atoms with E-state index in [4.69, 9.17) is 10.5 Å². The molecule has 0 aliphatic carbocycles. The highest BCUT2D eigenvalue weighted by atomic mass is 16.5. The number of esters is 1. The van der Waals surface area contributed by atoms with Gasteiger partial charge in [0.15, 0.2) is 11.3 Å². The Morgan fingerprint density at radius 1 is 1.30 bits per heavy atom. The van der Waals surface area contributed by atoms with Crippen LogP contribution >= 0.6 is 0 Å². The first-order valence-corrected chi connectivity index (χ1v) is 9.35. The molecule has 1 aromatic carbocycles. The molecule has 1 saturated heterocycles. The van der Waals surface area contributed by atoms with Crippen molar-refractivity contribution < 1.29 is 24.2 Å². The first kappa shape index (κ1) is 21.1. The van der Waals surface area contributed by atoms with E-state index in [0.29, 0.717) is 25.8 Å². The molecule has 3 atom stereocenters. The SMILES string of the molecule is CCOC(=O)[C@H](CCc1ccccc1)N1CCC[C@@]1(C(=O)O)C(=O)C(C)N. The van der Waals surface area contributed by atoms with E-state index in [0.717, 1.165) is 5.56 Å². The van der Waals surface area contributed by atoms with Gasteiger partial charge in [0.25, 0.3) is 0 Å². The Balaban J connectivity index is 2.35.